The van der Waals surface area contributed by atoms with E-state index in [-0.39, 0.29) is 24.1 Å². The molecule has 0 aliphatic heterocycles. The van der Waals surface area contributed by atoms with Crippen LogP contribution in [0.25, 0.3) is 6.08 Å². The number of hydrogen-bond acceptors (Lipinski definition) is 4. The van der Waals surface area contributed by atoms with Crippen molar-refractivity contribution in [1.29, 1.82) is 0 Å². The Morgan fingerprint density at radius 3 is 2.63 bits per heavy atom. The van der Waals surface area contributed by atoms with Gasteiger partial charge in [-0.1, -0.05) is 37.1 Å². The SMILES string of the molecule is CCCC1=Cc2c(ncc(C(=O)Cc3ccc(F)cc3)c2NC2CCC(N)CC2)C1. The summed E-state index contributed by atoms with van der Waals surface area (Å²) in [5.74, 6) is -0.291. The lowest BCUT2D eigenvalue weighted by molar-refractivity contribution is 0.0993. The molecule has 0 saturated heterocycles. The Morgan fingerprint density at radius 1 is 1.20 bits per heavy atom. The van der Waals surface area contributed by atoms with Gasteiger partial charge in [0.15, 0.2) is 5.78 Å². The number of ketones is 1. The van der Waals surface area contributed by atoms with Gasteiger partial charge in [-0.3, -0.25) is 9.78 Å². The number of nitrogens with two attached hydrogens (primary N) is 1. The molecule has 2 aliphatic rings. The summed E-state index contributed by atoms with van der Waals surface area (Å²) in [6.07, 6.45) is 11.2. The third kappa shape index (κ3) is 4.62. The number of fused-ring (bicyclic) bond motifs is 1. The van der Waals surface area contributed by atoms with Crippen molar-refractivity contribution in [2.24, 2.45) is 5.73 Å². The number of halogens is 1. The monoisotopic (exact) mass is 407 g/mol. The summed E-state index contributed by atoms with van der Waals surface area (Å²) in [5, 5.41) is 3.69. The van der Waals surface area contributed by atoms with E-state index < -0.39 is 0 Å². The average molecular weight is 408 g/mol. The van der Waals surface area contributed by atoms with E-state index in [0.29, 0.717) is 11.6 Å². The maximum absolute atomic E-state index is 13.2. The van der Waals surface area contributed by atoms with Crippen LogP contribution in [-0.4, -0.2) is 22.9 Å². The summed E-state index contributed by atoms with van der Waals surface area (Å²) in [6.45, 7) is 2.18. The first-order chi connectivity index (χ1) is 14.5. The average Bonchev–Trinajstić information content (AvgIpc) is 3.15. The van der Waals surface area contributed by atoms with E-state index in [1.54, 1.807) is 18.3 Å². The van der Waals surface area contributed by atoms with Crippen molar-refractivity contribution in [2.45, 2.75) is 70.4 Å². The molecule has 158 valence electrons. The highest BCUT2D eigenvalue weighted by atomic mass is 19.1. The molecule has 4 nitrogen and oxygen atoms in total. The zero-order valence-electron chi connectivity index (χ0n) is 17.6. The highest BCUT2D eigenvalue weighted by molar-refractivity contribution is 6.04. The number of carbonyl (C=O) groups is 1. The first kappa shape index (κ1) is 20.7. The van der Waals surface area contributed by atoms with E-state index in [2.05, 4.69) is 23.3 Å². The van der Waals surface area contributed by atoms with Crippen LogP contribution in [0.5, 0.6) is 0 Å². The molecule has 0 unspecified atom stereocenters. The second-order valence-corrected chi connectivity index (χ2v) is 8.62. The van der Waals surface area contributed by atoms with Crippen molar-refractivity contribution in [3.63, 3.8) is 0 Å². The highest BCUT2D eigenvalue weighted by Gasteiger charge is 2.26. The predicted octanol–water partition coefficient (Wildman–Crippen LogP) is 5.07. The van der Waals surface area contributed by atoms with Crippen molar-refractivity contribution < 1.29 is 9.18 Å². The second kappa shape index (κ2) is 9.09. The molecule has 3 N–H and O–H groups in total. The largest absolute Gasteiger partial charge is 0.381 e. The van der Waals surface area contributed by atoms with Crippen LogP contribution in [0.4, 0.5) is 10.1 Å². The molecule has 5 heteroatoms. The van der Waals surface area contributed by atoms with Gasteiger partial charge in [0, 0.05) is 36.7 Å². The fraction of sp³-hybridized carbons (Fsp3) is 0.440. The number of hydrogen-bond donors (Lipinski definition) is 2. The molecule has 2 aromatic rings. The lowest BCUT2D eigenvalue weighted by atomic mass is 9.91. The third-order valence-electron chi connectivity index (χ3n) is 6.21. The highest BCUT2D eigenvalue weighted by Crippen LogP contribution is 2.36. The van der Waals surface area contributed by atoms with Gasteiger partial charge in [-0.05, 0) is 49.8 Å². The smallest absolute Gasteiger partial charge is 0.170 e. The predicted molar refractivity (Wildman–Crippen MR) is 119 cm³/mol. The van der Waals surface area contributed by atoms with Crippen LogP contribution in [0.3, 0.4) is 0 Å². The van der Waals surface area contributed by atoms with Gasteiger partial charge >= 0.3 is 0 Å². The summed E-state index contributed by atoms with van der Waals surface area (Å²) in [5.41, 5.74) is 11.9. The maximum Gasteiger partial charge on any atom is 0.170 e. The standard InChI is InChI=1S/C25H30FN3O/c1-2-3-17-12-21-23(13-17)28-15-22(24(30)14-16-4-6-18(26)7-5-16)25(21)29-20-10-8-19(27)9-11-20/h4-7,12,15,19-20H,2-3,8-11,13-14,27H2,1H3,(H,28,29). The number of benzene rings is 1. The van der Waals surface area contributed by atoms with Crippen LogP contribution in [0.2, 0.25) is 0 Å². The van der Waals surface area contributed by atoms with Gasteiger partial charge in [0.05, 0.1) is 16.9 Å². The number of rotatable bonds is 7. The summed E-state index contributed by atoms with van der Waals surface area (Å²) in [6, 6.07) is 6.73. The normalized spacial score (nSPS) is 20.6. The van der Waals surface area contributed by atoms with E-state index in [4.69, 9.17) is 5.73 Å². The molecule has 1 aromatic carbocycles. The molecular formula is C25H30FN3O. The zero-order chi connectivity index (χ0) is 21.1. The summed E-state index contributed by atoms with van der Waals surface area (Å²) in [7, 11) is 0. The molecule has 0 atom stereocenters. The van der Waals surface area contributed by atoms with Crippen molar-refractivity contribution in [3.8, 4) is 0 Å². The third-order valence-corrected chi connectivity index (χ3v) is 6.21. The Balaban J connectivity index is 1.64. The first-order valence-electron chi connectivity index (χ1n) is 11.0. The van der Waals surface area contributed by atoms with Crippen molar-refractivity contribution >= 4 is 17.5 Å². The van der Waals surface area contributed by atoms with E-state index in [1.165, 1.54) is 17.7 Å². The van der Waals surface area contributed by atoms with Crippen LogP contribution in [0.15, 0.2) is 36.0 Å². The molecule has 1 heterocycles. The van der Waals surface area contributed by atoms with E-state index in [1.807, 2.05) is 0 Å². The minimum absolute atomic E-state index is 0.00394. The van der Waals surface area contributed by atoms with Gasteiger partial charge < -0.3 is 11.1 Å². The van der Waals surface area contributed by atoms with E-state index in [9.17, 15) is 9.18 Å². The molecule has 0 amide bonds. The van der Waals surface area contributed by atoms with Gasteiger partial charge in [-0.2, -0.15) is 0 Å². The topological polar surface area (TPSA) is 68.0 Å². The lowest BCUT2D eigenvalue weighted by Crippen LogP contribution is -2.33. The zero-order valence-corrected chi connectivity index (χ0v) is 17.6. The molecule has 2 aliphatic carbocycles. The summed E-state index contributed by atoms with van der Waals surface area (Å²) < 4.78 is 13.2. The van der Waals surface area contributed by atoms with Crippen molar-refractivity contribution in [2.75, 3.05) is 5.32 Å². The van der Waals surface area contributed by atoms with Crippen LogP contribution >= 0.6 is 0 Å². The van der Waals surface area contributed by atoms with Crippen LogP contribution < -0.4 is 11.1 Å². The van der Waals surface area contributed by atoms with Crippen LogP contribution in [0, 0.1) is 5.82 Å². The Bertz CT molecular complexity index is 944. The number of nitrogens with one attached hydrogen (secondary N) is 1. The molecule has 1 aromatic heterocycles. The van der Waals surface area contributed by atoms with E-state index in [0.717, 1.165) is 67.5 Å². The molecule has 1 fully saturated rings. The minimum atomic E-state index is -0.295. The quantitative estimate of drug-likeness (QED) is 0.629. The number of nitrogens with zero attached hydrogens (tertiary/aromatic N) is 1. The number of carbonyl (C=O) groups excluding carboxylic acids is 1. The molecule has 1 saturated carbocycles. The number of anilines is 1. The molecule has 4 rings (SSSR count). The number of aromatic nitrogens is 1. The van der Waals surface area contributed by atoms with Gasteiger partial charge in [0.1, 0.15) is 5.82 Å². The molecule has 0 radical (unpaired) electrons. The van der Waals surface area contributed by atoms with Crippen LogP contribution in [-0.2, 0) is 12.8 Å². The second-order valence-electron chi connectivity index (χ2n) is 8.62. The molecule has 0 spiro atoms. The fourth-order valence-corrected chi connectivity index (χ4v) is 4.53. The van der Waals surface area contributed by atoms with Gasteiger partial charge in [-0.15, -0.1) is 0 Å². The Kier molecular flexibility index (Phi) is 6.28. The van der Waals surface area contributed by atoms with Crippen molar-refractivity contribution in [3.05, 3.63) is 64.2 Å². The lowest BCUT2D eigenvalue weighted by Gasteiger charge is -2.29. The Labute approximate surface area is 177 Å². The van der Waals surface area contributed by atoms with Crippen LogP contribution in [0.1, 0.15) is 72.6 Å². The van der Waals surface area contributed by atoms with Gasteiger partial charge in [-0.25, -0.2) is 4.39 Å². The van der Waals surface area contributed by atoms with Gasteiger partial charge in [0.2, 0.25) is 0 Å². The maximum atomic E-state index is 13.2. The minimum Gasteiger partial charge on any atom is -0.381 e. The summed E-state index contributed by atoms with van der Waals surface area (Å²) in [4.78, 5) is 17.8. The fourth-order valence-electron chi connectivity index (χ4n) is 4.53. The first-order valence-corrected chi connectivity index (χ1v) is 11.0. The van der Waals surface area contributed by atoms with E-state index >= 15 is 0 Å². The Hall–Kier alpha value is -2.53. The number of Topliss-reactive ketones (excluding diaryl/α,β-unsaturated/α-hetero) is 1. The number of allylic oxidation sites excluding steroid dienone is 1. The number of pyridine rings is 1. The van der Waals surface area contributed by atoms with Gasteiger partial charge in [0.25, 0.3) is 0 Å². The molecule has 30 heavy (non-hydrogen) atoms. The Morgan fingerprint density at radius 2 is 1.93 bits per heavy atom. The molecular weight excluding hydrogens is 377 g/mol. The molecule has 0 bridgehead atoms. The van der Waals surface area contributed by atoms with Crippen molar-refractivity contribution in [1.82, 2.24) is 4.98 Å². The summed E-state index contributed by atoms with van der Waals surface area (Å²) >= 11 is 0.